The number of nitrogens with zero attached hydrogens (tertiary/aromatic N) is 1. The van der Waals surface area contributed by atoms with Crippen molar-refractivity contribution in [1.29, 1.82) is 0 Å². The Kier molecular flexibility index (Phi) is 3.66. The molecule has 0 aliphatic carbocycles. The maximum Gasteiger partial charge on any atom is 0.418 e. The van der Waals surface area contributed by atoms with E-state index in [2.05, 4.69) is 15.9 Å². The molecular formula is C12H13BrF3N. The normalized spacial score (nSPS) is 20.9. The molecule has 0 amide bonds. The number of halogens is 4. The fourth-order valence-electron chi connectivity index (χ4n) is 2.28. The van der Waals surface area contributed by atoms with E-state index in [9.17, 15) is 13.2 Å². The quantitative estimate of drug-likeness (QED) is 0.745. The van der Waals surface area contributed by atoms with Crippen molar-refractivity contribution in [3.63, 3.8) is 0 Å². The Bertz CT molecular complexity index is 392. The molecular weight excluding hydrogens is 295 g/mol. The second-order valence-corrected chi connectivity index (χ2v) is 4.81. The van der Waals surface area contributed by atoms with Gasteiger partial charge >= 0.3 is 6.18 Å². The highest BCUT2D eigenvalue weighted by Gasteiger charge is 2.36. The maximum absolute atomic E-state index is 12.9. The van der Waals surface area contributed by atoms with Crippen LogP contribution in [-0.4, -0.2) is 17.9 Å². The molecule has 5 heteroatoms. The highest BCUT2D eigenvalue weighted by atomic mass is 79.9. The van der Waals surface area contributed by atoms with Crippen LogP contribution in [0.1, 0.15) is 18.4 Å². The number of benzene rings is 1. The van der Waals surface area contributed by atoms with E-state index < -0.39 is 11.7 Å². The minimum absolute atomic E-state index is 0.165. The van der Waals surface area contributed by atoms with Gasteiger partial charge in [0, 0.05) is 23.6 Å². The molecule has 1 aromatic rings. The number of rotatable bonds is 2. The lowest BCUT2D eigenvalue weighted by molar-refractivity contribution is -0.137. The van der Waals surface area contributed by atoms with Crippen LogP contribution in [0.15, 0.2) is 24.3 Å². The van der Waals surface area contributed by atoms with Crippen molar-refractivity contribution in [2.75, 3.05) is 16.8 Å². The number of para-hydroxylation sites is 1. The van der Waals surface area contributed by atoms with Gasteiger partial charge < -0.3 is 4.90 Å². The van der Waals surface area contributed by atoms with E-state index in [1.165, 1.54) is 6.07 Å². The van der Waals surface area contributed by atoms with Gasteiger partial charge in [0.15, 0.2) is 0 Å². The van der Waals surface area contributed by atoms with Gasteiger partial charge in [-0.05, 0) is 25.0 Å². The molecule has 1 aliphatic rings. The highest BCUT2D eigenvalue weighted by Crippen LogP contribution is 2.39. The van der Waals surface area contributed by atoms with Gasteiger partial charge in [0.2, 0.25) is 0 Å². The van der Waals surface area contributed by atoms with Crippen LogP contribution in [0.25, 0.3) is 0 Å². The van der Waals surface area contributed by atoms with Crippen LogP contribution in [0.3, 0.4) is 0 Å². The summed E-state index contributed by atoms with van der Waals surface area (Å²) >= 11 is 3.37. The molecule has 1 saturated heterocycles. The summed E-state index contributed by atoms with van der Waals surface area (Å²) in [5, 5.41) is 0.708. The molecule has 94 valence electrons. The number of anilines is 1. The van der Waals surface area contributed by atoms with Crippen molar-refractivity contribution in [3.05, 3.63) is 29.8 Å². The molecule has 0 bridgehead atoms. The van der Waals surface area contributed by atoms with E-state index in [1.807, 2.05) is 4.90 Å². The lowest BCUT2D eigenvalue weighted by Gasteiger charge is -2.28. The lowest BCUT2D eigenvalue weighted by Crippen LogP contribution is -2.32. The zero-order valence-corrected chi connectivity index (χ0v) is 10.8. The first-order valence-corrected chi connectivity index (χ1v) is 6.65. The minimum Gasteiger partial charge on any atom is -0.367 e. The molecule has 0 saturated carbocycles. The van der Waals surface area contributed by atoms with Crippen LogP contribution < -0.4 is 4.90 Å². The van der Waals surface area contributed by atoms with Crippen LogP contribution in [0, 0.1) is 0 Å². The molecule has 0 aromatic heterocycles. The smallest absolute Gasteiger partial charge is 0.367 e. The van der Waals surface area contributed by atoms with E-state index in [4.69, 9.17) is 0 Å². The van der Waals surface area contributed by atoms with E-state index in [-0.39, 0.29) is 6.04 Å². The molecule has 17 heavy (non-hydrogen) atoms. The van der Waals surface area contributed by atoms with Gasteiger partial charge in [0.25, 0.3) is 0 Å². The summed E-state index contributed by atoms with van der Waals surface area (Å²) in [6, 6.07) is 5.97. The van der Waals surface area contributed by atoms with Crippen molar-refractivity contribution >= 4 is 21.6 Å². The number of hydrogen-bond donors (Lipinski definition) is 0. The van der Waals surface area contributed by atoms with Crippen molar-refractivity contribution in [3.8, 4) is 0 Å². The zero-order chi connectivity index (χ0) is 12.5. The van der Waals surface area contributed by atoms with Crippen molar-refractivity contribution < 1.29 is 13.2 Å². The Labute approximate surface area is 107 Å². The SMILES string of the molecule is FC(F)(F)c1ccccc1N1CCCC1CBr. The van der Waals surface area contributed by atoms with Gasteiger partial charge in [-0.1, -0.05) is 28.1 Å². The Morgan fingerprint density at radius 1 is 1.29 bits per heavy atom. The molecule has 1 aliphatic heterocycles. The van der Waals surface area contributed by atoms with E-state index in [1.54, 1.807) is 12.1 Å². The molecule has 1 atom stereocenters. The van der Waals surface area contributed by atoms with E-state index in [0.717, 1.165) is 18.9 Å². The molecule has 1 unspecified atom stereocenters. The summed E-state index contributed by atoms with van der Waals surface area (Å²) in [4.78, 5) is 1.86. The second-order valence-electron chi connectivity index (χ2n) is 4.16. The van der Waals surface area contributed by atoms with Crippen LogP contribution in [0.5, 0.6) is 0 Å². The topological polar surface area (TPSA) is 3.24 Å². The third kappa shape index (κ3) is 2.59. The van der Waals surface area contributed by atoms with Gasteiger partial charge in [-0.3, -0.25) is 0 Å². The Morgan fingerprint density at radius 3 is 2.65 bits per heavy atom. The van der Waals surface area contributed by atoms with E-state index in [0.29, 0.717) is 17.6 Å². The Morgan fingerprint density at radius 2 is 2.00 bits per heavy atom. The summed E-state index contributed by atoms with van der Waals surface area (Å²) in [6.45, 7) is 0.698. The summed E-state index contributed by atoms with van der Waals surface area (Å²) < 4.78 is 38.7. The molecule has 1 nitrogen and oxygen atoms in total. The van der Waals surface area contributed by atoms with Gasteiger partial charge in [-0.2, -0.15) is 13.2 Å². The highest BCUT2D eigenvalue weighted by molar-refractivity contribution is 9.09. The second kappa shape index (κ2) is 4.88. The fourth-order valence-corrected chi connectivity index (χ4v) is 2.95. The number of alkyl halides is 4. The average Bonchev–Trinajstić information content (AvgIpc) is 2.75. The third-order valence-electron chi connectivity index (χ3n) is 3.07. The van der Waals surface area contributed by atoms with Crippen molar-refractivity contribution in [2.24, 2.45) is 0 Å². The van der Waals surface area contributed by atoms with Gasteiger partial charge in [-0.15, -0.1) is 0 Å². The molecule has 1 aromatic carbocycles. The van der Waals surface area contributed by atoms with Crippen LogP contribution in [-0.2, 0) is 6.18 Å². The fraction of sp³-hybridized carbons (Fsp3) is 0.500. The molecule has 0 radical (unpaired) electrons. The van der Waals surface area contributed by atoms with Gasteiger partial charge in [0.1, 0.15) is 0 Å². The summed E-state index contributed by atoms with van der Waals surface area (Å²) in [6.07, 6.45) is -2.39. The summed E-state index contributed by atoms with van der Waals surface area (Å²) in [5.74, 6) is 0. The van der Waals surface area contributed by atoms with Gasteiger partial charge in [-0.25, -0.2) is 0 Å². The Balaban J connectivity index is 2.38. The summed E-state index contributed by atoms with van der Waals surface area (Å²) in [7, 11) is 0. The first-order valence-electron chi connectivity index (χ1n) is 5.53. The monoisotopic (exact) mass is 307 g/mol. The van der Waals surface area contributed by atoms with E-state index >= 15 is 0 Å². The van der Waals surface area contributed by atoms with Crippen LogP contribution in [0.4, 0.5) is 18.9 Å². The standard InChI is InChI=1S/C12H13BrF3N/c13-8-9-4-3-7-17(9)11-6-2-1-5-10(11)12(14,15)16/h1-2,5-6,9H,3-4,7-8H2. The molecule has 0 N–H and O–H groups in total. The van der Waals surface area contributed by atoms with Crippen molar-refractivity contribution in [1.82, 2.24) is 0 Å². The average molecular weight is 308 g/mol. The predicted molar refractivity (Wildman–Crippen MR) is 65.6 cm³/mol. The third-order valence-corrected chi connectivity index (χ3v) is 3.82. The molecule has 1 heterocycles. The molecule has 0 spiro atoms. The van der Waals surface area contributed by atoms with Crippen LogP contribution in [0.2, 0.25) is 0 Å². The maximum atomic E-state index is 12.9. The number of hydrogen-bond acceptors (Lipinski definition) is 1. The molecule has 1 fully saturated rings. The minimum atomic E-state index is -4.28. The van der Waals surface area contributed by atoms with Crippen molar-refractivity contribution in [2.45, 2.75) is 25.1 Å². The largest absolute Gasteiger partial charge is 0.418 e. The Hall–Kier alpha value is -0.710. The first kappa shape index (κ1) is 12.7. The lowest BCUT2D eigenvalue weighted by atomic mass is 10.1. The molecule has 2 rings (SSSR count). The zero-order valence-electron chi connectivity index (χ0n) is 9.17. The van der Waals surface area contributed by atoms with Crippen LogP contribution >= 0.6 is 15.9 Å². The predicted octanol–water partition coefficient (Wildman–Crippen LogP) is 4.07. The summed E-state index contributed by atoms with van der Waals surface area (Å²) in [5.41, 5.74) is -0.227. The van der Waals surface area contributed by atoms with Gasteiger partial charge in [0.05, 0.1) is 5.56 Å². The first-order chi connectivity index (χ1) is 8.04.